The minimum absolute atomic E-state index is 0.0169. The number of carbonyl (C=O) groups is 3. The van der Waals surface area contributed by atoms with Gasteiger partial charge in [0.05, 0.1) is 26.4 Å². The lowest BCUT2D eigenvalue weighted by molar-refractivity contribution is -0.161. The van der Waals surface area contributed by atoms with E-state index in [4.69, 9.17) is 32.3 Å². The molecule has 0 aliphatic carbocycles. The highest BCUT2D eigenvalue weighted by molar-refractivity contribution is 7.47. The van der Waals surface area contributed by atoms with Gasteiger partial charge in [0, 0.05) is 19.3 Å². The molecule has 0 bridgehead atoms. The number of phosphoric ester groups is 2. The number of unbranched alkanes of at least 4 members (excludes halogenated alkanes) is 15. The van der Waals surface area contributed by atoms with Crippen LogP contribution in [0.5, 0.6) is 0 Å². The van der Waals surface area contributed by atoms with E-state index in [1.807, 2.05) is 12.2 Å². The molecule has 5 atom stereocenters. The fourth-order valence-corrected chi connectivity index (χ4v) is 10.0. The quantitative estimate of drug-likeness (QED) is 0.0146. The van der Waals surface area contributed by atoms with Crippen LogP contribution in [0.25, 0.3) is 0 Å². The van der Waals surface area contributed by atoms with Gasteiger partial charge in [-0.05, 0) is 141 Å². The van der Waals surface area contributed by atoms with Gasteiger partial charge in [-0.1, -0.05) is 237 Å². The summed E-state index contributed by atoms with van der Waals surface area (Å²) in [5.41, 5.74) is 0. The molecule has 18 heteroatoms. The first-order chi connectivity index (χ1) is 45.2. The van der Waals surface area contributed by atoms with Gasteiger partial charge in [-0.15, -0.1) is 0 Å². The van der Waals surface area contributed by atoms with Crippen molar-refractivity contribution in [2.24, 2.45) is 0 Å². The first-order valence-corrected chi connectivity index (χ1v) is 37.8. The first-order valence-electron chi connectivity index (χ1n) is 34.8. The molecule has 93 heavy (non-hydrogen) atoms. The zero-order valence-corrected chi connectivity index (χ0v) is 58.9. The van der Waals surface area contributed by atoms with Crippen molar-refractivity contribution in [3.8, 4) is 0 Å². The third-order valence-corrected chi connectivity index (χ3v) is 15.6. The van der Waals surface area contributed by atoms with Gasteiger partial charge in [0.1, 0.15) is 25.4 Å². The minimum atomic E-state index is -4.95. The SMILES string of the molecule is CC/C=C\C/C=C\C/C=C\C/C=C\C/C=C\CCCCCCCC(=O)OCC(O)COP(=O)(O)OCC(O)COP(=O)(O)OCC(COC(=O)CCCCCCCC/C=C\C/C=C\C/C=C\CCCCC)OC(=O)CCC/C=C\C/C=C\C/C=C\C/C=C\C/C=C\CC. The molecule has 0 aromatic heterocycles. The van der Waals surface area contributed by atoms with Crippen LogP contribution in [0.15, 0.2) is 158 Å². The second-order valence-corrected chi connectivity index (χ2v) is 25.5. The van der Waals surface area contributed by atoms with E-state index >= 15 is 0 Å². The number of esters is 3. The Hall–Kier alpha value is -4.83. The van der Waals surface area contributed by atoms with Crippen LogP contribution in [0, 0.1) is 0 Å². The molecule has 0 radical (unpaired) electrons. The second kappa shape index (κ2) is 67.2. The van der Waals surface area contributed by atoms with E-state index in [1.165, 1.54) is 19.3 Å². The van der Waals surface area contributed by atoms with Crippen LogP contribution < -0.4 is 0 Å². The molecular formula is C75H122O16P2. The maximum absolute atomic E-state index is 12.9. The fraction of sp³-hybridized carbons (Fsp3) is 0.613. The summed E-state index contributed by atoms with van der Waals surface area (Å²) in [6, 6.07) is 0. The summed E-state index contributed by atoms with van der Waals surface area (Å²) >= 11 is 0. The molecule has 0 aliphatic heterocycles. The minimum Gasteiger partial charge on any atom is -0.463 e. The smallest absolute Gasteiger partial charge is 0.463 e. The highest BCUT2D eigenvalue weighted by Gasteiger charge is 2.29. The fourth-order valence-electron chi connectivity index (χ4n) is 8.46. The topological polar surface area (TPSA) is 231 Å². The lowest BCUT2D eigenvalue weighted by Crippen LogP contribution is -2.30. The third kappa shape index (κ3) is 68.4. The van der Waals surface area contributed by atoms with Gasteiger partial charge in [-0.3, -0.25) is 32.5 Å². The molecule has 0 saturated heterocycles. The molecule has 0 fully saturated rings. The zero-order valence-electron chi connectivity index (χ0n) is 57.1. The van der Waals surface area contributed by atoms with Crippen LogP contribution in [-0.2, 0) is 55.8 Å². The van der Waals surface area contributed by atoms with E-state index in [9.17, 15) is 43.5 Å². The number of carbonyl (C=O) groups excluding carboxylic acids is 3. The van der Waals surface area contributed by atoms with Gasteiger partial charge >= 0.3 is 33.6 Å². The molecule has 0 aromatic rings. The van der Waals surface area contributed by atoms with Crippen molar-refractivity contribution in [2.45, 2.75) is 257 Å². The normalized spacial score (nSPS) is 15.1. The average molecular weight is 1340 g/mol. The Morgan fingerprint density at radius 3 is 0.935 bits per heavy atom. The van der Waals surface area contributed by atoms with Crippen LogP contribution >= 0.6 is 15.6 Å². The van der Waals surface area contributed by atoms with Crippen molar-refractivity contribution in [3.05, 3.63) is 158 Å². The molecule has 0 amide bonds. The highest BCUT2D eigenvalue weighted by atomic mass is 31.2. The molecular weight excluding hydrogens is 1220 g/mol. The molecule has 0 rings (SSSR count). The summed E-state index contributed by atoms with van der Waals surface area (Å²) < 4.78 is 60.8. The number of aliphatic hydroxyl groups is 2. The van der Waals surface area contributed by atoms with Crippen LogP contribution in [0.4, 0.5) is 0 Å². The summed E-state index contributed by atoms with van der Waals surface area (Å²) in [6.07, 6.45) is 81.5. The molecule has 16 nitrogen and oxygen atoms in total. The van der Waals surface area contributed by atoms with E-state index in [1.54, 1.807) is 0 Å². The predicted molar refractivity (Wildman–Crippen MR) is 380 cm³/mol. The Morgan fingerprint density at radius 2 is 0.581 bits per heavy atom. The Morgan fingerprint density at radius 1 is 0.312 bits per heavy atom. The molecule has 0 aliphatic rings. The maximum atomic E-state index is 12.9. The Labute approximate surface area is 561 Å². The number of allylic oxidation sites excluding steroid dienone is 26. The molecule has 5 unspecified atom stereocenters. The summed E-state index contributed by atoms with van der Waals surface area (Å²) in [5.74, 6) is -1.69. The summed E-state index contributed by atoms with van der Waals surface area (Å²) in [4.78, 5) is 58.4. The Bertz CT molecular complexity index is 2320. The summed E-state index contributed by atoms with van der Waals surface area (Å²) in [5, 5.41) is 20.6. The number of ether oxygens (including phenoxy) is 3. The average Bonchev–Trinajstić information content (AvgIpc) is 3.72. The number of hydrogen-bond acceptors (Lipinski definition) is 14. The van der Waals surface area contributed by atoms with Crippen LogP contribution in [0.2, 0.25) is 0 Å². The van der Waals surface area contributed by atoms with Crippen LogP contribution in [0.1, 0.15) is 239 Å². The monoisotopic (exact) mass is 1340 g/mol. The summed E-state index contributed by atoms with van der Waals surface area (Å²) in [6.45, 7) is 2.28. The van der Waals surface area contributed by atoms with E-state index < -0.39 is 91.5 Å². The maximum Gasteiger partial charge on any atom is 0.472 e. The van der Waals surface area contributed by atoms with Crippen molar-refractivity contribution in [3.63, 3.8) is 0 Å². The zero-order chi connectivity index (χ0) is 68.1. The Balaban J connectivity index is 4.78. The second-order valence-electron chi connectivity index (χ2n) is 22.6. The van der Waals surface area contributed by atoms with Crippen LogP contribution in [0.3, 0.4) is 0 Å². The molecule has 0 heterocycles. The largest absolute Gasteiger partial charge is 0.472 e. The first kappa shape index (κ1) is 88.2. The number of hydrogen-bond donors (Lipinski definition) is 4. The van der Waals surface area contributed by atoms with Crippen LogP contribution in [-0.4, -0.2) is 95.9 Å². The number of phosphoric acid groups is 2. The van der Waals surface area contributed by atoms with Gasteiger partial charge < -0.3 is 34.2 Å². The lowest BCUT2D eigenvalue weighted by atomic mass is 10.1. The van der Waals surface area contributed by atoms with Crippen molar-refractivity contribution in [1.82, 2.24) is 0 Å². The number of rotatable bonds is 64. The van der Waals surface area contributed by atoms with Crippen molar-refractivity contribution >= 4 is 33.6 Å². The summed E-state index contributed by atoms with van der Waals surface area (Å²) in [7, 11) is -9.82. The predicted octanol–water partition coefficient (Wildman–Crippen LogP) is 19.5. The number of aliphatic hydroxyl groups excluding tert-OH is 2. The van der Waals surface area contributed by atoms with Crippen molar-refractivity contribution in [2.75, 3.05) is 39.6 Å². The molecule has 0 saturated carbocycles. The Kier molecular flexibility index (Phi) is 63.7. The van der Waals surface area contributed by atoms with E-state index in [2.05, 4.69) is 167 Å². The molecule has 528 valence electrons. The van der Waals surface area contributed by atoms with Crippen molar-refractivity contribution < 1.29 is 75.8 Å². The van der Waals surface area contributed by atoms with E-state index in [0.717, 1.165) is 154 Å². The highest BCUT2D eigenvalue weighted by Crippen LogP contribution is 2.45. The standard InChI is InChI=1S/C75H122O16P2/c1-4-7-10-13-16-19-22-25-28-31-33-34-36-39-40-43-46-49-52-55-58-61-73(78)85-64-70(76)65-87-92(81,82)88-66-71(77)67-89-93(83,84)90-69-72(91-75(80)63-60-57-54-51-48-45-42-37-30-27-24-21-18-15-12-9-6-3)68-86-74(79)62-59-56-53-50-47-44-41-38-35-32-29-26-23-20-17-14-11-8-5-2/h7,9-10,12,16-21,25-30,33-35,38-40,42,45,51,54,70-72,76-77H,4-6,8,11,13-15,22-24,31-32,36-37,41,43-44,46-50,52-53,55-69H2,1-3H3,(H,81,82)(H,83,84)/b10-7-,12-9-,19-16-,20-17-,21-18-,28-25-,29-26-,30-27-,34-33-,38-35-,40-39-,45-42-,54-51-. The lowest BCUT2D eigenvalue weighted by Gasteiger charge is -2.21. The van der Waals surface area contributed by atoms with Gasteiger partial charge in [0.25, 0.3) is 0 Å². The van der Waals surface area contributed by atoms with Gasteiger partial charge in [-0.2, -0.15) is 0 Å². The molecule has 4 N–H and O–H groups in total. The third-order valence-electron chi connectivity index (χ3n) is 13.7. The van der Waals surface area contributed by atoms with Gasteiger partial charge in [0.15, 0.2) is 6.10 Å². The van der Waals surface area contributed by atoms with Crippen molar-refractivity contribution in [1.29, 1.82) is 0 Å². The van der Waals surface area contributed by atoms with E-state index in [-0.39, 0.29) is 19.3 Å². The molecule has 0 aromatic carbocycles. The van der Waals surface area contributed by atoms with Gasteiger partial charge in [-0.25, -0.2) is 9.13 Å². The van der Waals surface area contributed by atoms with Gasteiger partial charge in [0.2, 0.25) is 0 Å². The van der Waals surface area contributed by atoms with E-state index in [0.29, 0.717) is 25.7 Å². The molecule has 0 spiro atoms.